The standard InChI is InChI=1S/C36H34FN5O9/c1-18-40-27-8-6-21-4-2-20(13-24(21)32(27)34(47)41-18)16-38-23-7-5-22(26(37)15-23)17-39-28(9-11-31(44)45)33(46)42-29(36(50)51)14-19-3-10-30(43)25(12-19)35(48)49/h2-8,10,12-13,15,28-29,38-39,43H,9,11,14,16-17H2,1H3,(H,42,46)(H,44,45)(H,48,49)(H,50,51)(H,40,41,47)/t28-,29-/m0/s1. The quantitative estimate of drug-likeness (QED) is 0.0732. The highest BCUT2D eigenvalue weighted by molar-refractivity contribution is 6.05. The van der Waals surface area contributed by atoms with E-state index >= 15 is 4.39 Å². The van der Waals surface area contributed by atoms with Crippen LogP contribution in [0, 0.1) is 12.7 Å². The van der Waals surface area contributed by atoms with Crippen molar-refractivity contribution in [2.75, 3.05) is 5.32 Å². The van der Waals surface area contributed by atoms with Gasteiger partial charge in [-0.3, -0.25) is 14.4 Å². The van der Waals surface area contributed by atoms with Gasteiger partial charge in [0.05, 0.1) is 16.9 Å². The number of aromatic nitrogens is 2. The number of carbonyl (C=O) groups excluding carboxylic acids is 1. The molecule has 0 saturated heterocycles. The van der Waals surface area contributed by atoms with E-state index in [9.17, 15) is 44.4 Å². The number of nitrogens with zero attached hydrogens (tertiary/aromatic N) is 1. The molecule has 0 saturated carbocycles. The summed E-state index contributed by atoms with van der Waals surface area (Å²) in [5, 5.41) is 48.3. The molecule has 1 amide bonds. The van der Waals surface area contributed by atoms with Crippen molar-refractivity contribution in [3.8, 4) is 5.75 Å². The van der Waals surface area contributed by atoms with E-state index in [0.717, 1.165) is 28.5 Å². The Hall–Kier alpha value is -6.35. The summed E-state index contributed by atoms with van der Waals surface area (Å²) < 4.78 is 15.2. The van der Waals surface area contributed by atoms with Gasteiger partial charge in [-0.25, -0.2) is 19.0 Å². The van der Waals surface area contributed by atoms with Gasteiger partial charge in [-0.15, -0.1) is 0 Å². The number of anilines is 1. The van der Waals surface area contributed by atoms with Crippen molar-refractivity contribution in [1.29, 1.82) is 0 Å². The van der Waals surface area contributed by atoms with Crippen LogP contribution in [0.4, 0.5) is 10.1 Å². The van der Waals surface area contributed by atoms with E-state index in [1.165, 1.54) is 18.2 Å². The topological polar surface area (TPSA) is 231 Å². The van der Waals surface area contributed by atoms with E-state index in [0.29, 0.717) is 29.0 Å². The van der Waals surface area contributed by atoms with Crippen molar-refractivity contribution >= 4 is 51.2 Å². The first-order valence-corrected chi connectivity index (χ1v) is 15.8. The van der Waals surface area contributed by atoms with E-state index in [2.05, 4.69) is 25.9 Å². The molecule has 0 radical (unpaired) electrons. The lowest BCUT2D eigenvalue weighted by molar-refractivity contribution is -0.142. The summed E-state index contributed by atoms with van der Waals surface area (Å²) in [5.74, 6) is -5.53. The minimum absolute atomic E-state index is 0.160. The van der Waals surface area contributed by atoms with Crippen LogP contribution in [0.15, 0.2) is 71.5 Å². The van der Waals surface area contributed by atoms with Crippen LogP contribution in [0.1, 0.15) is 45.7 Å². The Bertz CT molecular complexity index is 2220. The number of aryl methyl sites for hydroxylation is 1. The molecule has 5 aromatic rings. The van der Waals surface area contributed by atoms with Crippen molar-refractivity contribution in [2.24, 2.45) is 0 Å². The lowest BCUT2D eigenvalue weighted by Crippen LogP contribution is -2.51. The van der Waals surface area contributed by atoms with Gasteiger partial charge in [0.1, 0.15) is 29.0 Å². The average Bonchev–Trinajstić information content (AvgIpc) is 3.07. The molecule has 4 aromatic carbocycles. The molecule has 14 nitrogen and oxygen atoms in total. The lowest BCUT2D eigenvalue weighted by atomic mass is 10.0. The molecule has 1 aromatic heterocycles. The van der Waals surface area contributed by atoms with Crippen molar-refractivity contribution < 1.29 is 44.0 Å². The van der Waals surface area contributed by atoms with Gasteiger partial charge in [-0.05, 0) is 71.6 Å². The number of halogens is 1. The predicted octanol–water partition coefficient (Wildman–Crippen LogP) is 3.67. The number of benzene rings is 4. The summed E-state index contributed by atoms with van der Waals surface area (Å²) in [7, 11) is 0. The number of aromatic amines is 1. The van der Waals surface area contributed by atoms with Crippen LogP contribution in [0.3, 0.4) is 0 Å². The number of nitrogens with one attached hydrogen (secondary N) is 4. The molecule has 0 bridgehead atoms. The van der Waals surface area contributed by atoms with Gasteiger partial charge in [0, 0.05) is 37.2 Å². The van der Waals surface area contributed by atoms with Crippen LogP contribution in [0.25, 0.3) is 21.7 Å². The van der Waals surface area contributed by atoms with Crippen LogP contribution >= 0.6 is 0 Å². The fourth-order valence-electron chi connectivity index (χ4n) is 5.65. The molecule has 1 heterocycles. The van der Waals surface area contributed by atoms with Crippen LogP contribution < -0.4 is 21.5 Å². The predicted molar refractivity (Wildman–Crippen MR) is 184 cm³/mol. The summed E-state index contributed by atoms with van der Waals surface area (Å²) in [5.41, 5.74) is 1.55. The van der Waals surface area contributed by atoms with E-state index in [1.54, 1.807) is 19.1 Å². The van der Waals surface area contributed by atoms with Crippen LogP contribution in [-0.2, 0) is 33.9 Å². The molecule has 0 aliphatic rings. The maximum absolute atomic E-state index is 15.2. The molecule has 0 aliphatic heterocycles. The third-order valence-corrected chi connectivity index (χ3v) is 8.27. The number of H-pyrrole nitrogens is 1. The maximum Gasteiger partial charge on any atom is 0.339 e. The number of rotatable bonds is 15. The first-order chi connectivity index (χ1) is 24.3. The number of aliphatic carboxylic acids is 2. The third-order valence-electron chi connectivity index (χ3n) is 8.27. The zero-order valence-electron chi connectivity index (χ0n) is 27.2. The minimum Gasteiger partial charge on any atom is -0.507 e. The summed E-state index contributed by atoms with van der Waals surface area (Å²) in [6.07, 6.45) is -1.01. The highest BCUT2D eigenvalue weighted by Gasteiger charge is 2.27. The van der Waals surface area contributed by atoms with Crippen LogP contribution in [0.2, 0.25) is 0 Å². The molecule has 8 N–H and O–H groups in total. The van der Waals surface area contributed by atoms with E-state index < -0.39 is 59.4 Å². The van der Waals surface area contributed by atoms with Gasteiger partial charge in [-0.1, -0.05) is 30.3 Å². The third kappa shape index (κ3) is 8.82. The lowest BCUT2D eigenvalue weighted by Gasteiger charge is -2.22. The van der Waals surface area contributed by atoms with Gasteiger partial charge in [0.25, 0.3) is 5.56 Å². The molecule has 0 unspecified atom stereocenters. The van der Waals surface area contributed by atoms with Gasteiger partial charge in [0.15, 0.2) is 0 Å². The number of hydrogen-bond donors (Lipinski definition) is 8. The Morgan fingerprint density at radius 2 is 1.65 bits per heavy atom. The zero-order chi connectivity index (χ0) is 36.8. The first kappa shape index (κ1) is 35.9. The summed E-state index contributed by atoms with van der Waals surface area (Å²) in [6.45, 7) is 1.83. The Balaban J connectivity index is 1.25. The van der Waals surface area contributed by atoms with Crippen LogP contribution in [0.5, 0.6) is 5.75 Å². The number of phenols is 1. The van der Waals surface area contributed by atoms with Gasteiger partial charge in [0.2, 0.25) is 5.91 Å². The summed E-state index contributed by atoms with van der Waals surface area (Å²) in [4.78, 5) is 67.6. The molecule has 0 aliphatic carbocycles. The van der Waals surface area contributed by atoms with Crippen molar-refractivity contribution in [3.63, 3.8) is 0 Å². The minimum atomic E-state index is -1.53. The molecule has 0 spiro atoms. The molecular formula is C36H34FN5O9. The molecule has 5 rings (SSSR count). The monoisotopic (exact) mass is 699 g/mol. The zero-order valence-corrected chi connectivity index (χ0v) is 27.2. The molecular weight excluding hydrogens is 665 g/mol. The number of fused-ring (bicyclic) bond motifs is 3. The van der Waals surface area contributed by atoms with Gasteiger partial charge in [-0.2, -0.15) is 0 Å². The molecule has 51 heavy (non-hydrogen) atoms. The molecule has 15 heteroatoms. The highest BCUT2D eigenvalue weighted by Crippen LogP contribution is 2.24. The normalized spacial score (nSPS) is 12.4. The Labute approximate surface area is 289 Å². The number of carboxylic acid groups (broad SMARTS) is 3. The highest BCUT2D eigenvalue weighted by atomic mass is 19.1. The SMILES string of the molecule is Cc1nc2ccc3ccc(CNc4ccc(CN[C@@H](CCC(=O)O)C(=O)N[C@@H](Cc5ccc(O)c(C(=O)O)c5)C(=O)O)c(F)c4)cc3c2c(=O)[nH]1. The Morgan fingerprint density at radius 1 is 0.902 bits per heavy atom. The Kier molecular flexibility index (Phi) is 10.9. The number of aromatic hydroxyl groups is 1. The fraction of sp³-hybridized carbons (Fsp3) is 0.222. The average molecular weight is 700 g/mol. The van der Waals surface area contributed by atoms with Crippen molar-refractivity contribution in [3.05, 3.63) is 111 Å². The van der Waals surface area contributed by atoms with Gasteiger partial charge >= 0.3 is 17.9 Å². The number of aromatic carboxylic acids is 1. The second kappa shape index (κ2) is 15.5. The Morgan fingerprint density at radius 3 is 2.35 bits per heavy atom. The van der Waals surface area contributed by atoms with Gasteiger partial charge < -0.3 is 41.4 Å². The number of amides is 1. The number of carboxylic acids is 3. The largest absolute Gasteiger partial charge is 0.507 e. The van der Waals surface area contributed by atoms with Crippen molar-refractivity contribution in [2.45, 2.75) is 51.4 Å². The maximum atomic E-state index is 15.2. The summed E-state index contributed by atoms with van der Waals surface area (Å²) in [6, 6.07) is 14.5. The van der Waals surface area contributed by atoms with E-state index in [1.807, 2.05) is 24.3 Å². The van der Waals surface area contributed by atoms with Crippen LogP contribution in [-0.4, -0.2) is 66.3 Å². The molecule has 264 valence electrons. The number of hydrogen-bond acceptors (Lipinski definition) is 9. The number of carbonyl (C=O) groups is 4. The van der Waals surface area contributed by atoms with E-state index in [-0.39, 0.29) is 36.1 Å². The second-order valence-electron chi connectivity index (χ2n) is 12.0. The smallest absolute Gasteiger partial charge is 0.339 e. The van der Waals surface area contributed by atoms with Crippen molar-refractivity contribution in [1.82, 2.24) is 20.6 Å². The molecule has 0 fully saturated rings. The molecule has 2 atom stereocenters. The second-order valence-corrected chi connectivity index (χ2v) is 12.0. The fourth-order valence-corrected chi connectivity index (χ4v) is 5.65. The summed E-state index contributed by atoms with van der Waals surface area (Å²) >= 11 is 0. The first-order valence-electron chi connectivity index (χ1n) is 15.8. The van der Waals surface area contributed by atoms with E-state index in [4.69, 9.17) is 0 Å².